The Bertz CT molecular complexity index is 464. The Morgan fingerprint density at radius 2 is 2.29 bits per heavy atom. The van der Waals surface area contributed by atoms with Crippen molar-refractivity contribution >= 4 is 26.8 Å². The Kier molecular flexibility index (Phi) is 2.56. The van der Waals surface area contributed by atoms with E-state index in [-0.39, 0.29) is 6.61 Å². The van der Waals surface area contributed by atoms with Gasteiger partial charge >= 0.3 is 0 Å². The molecule has 0 spiro atoms. The minimum atomic E-state index is 0.154. The molecule has 1 heterocycles. The number of hydrogen-bond donors (Lipinski definition) is 1. The molecular formula is C10H11BrN2O. The molecule has 2 rings (SSSR count). The number of hydrogen-bond acceptors (Lipinski definition) is 2. The first kappa shape index (κ1) is 9.68. The average Bonchev–Trinajstić information content (AvgIpc) is 2.45. The number of halogens is 1. The summed E-state index contributed by atoms with van der Waals surface area (Å²) in [5, 5.41) is 14.4. The summed E-state index contributed by atoms with van der Waals surface area (Å²) in [4.78, 5) is 0. The zero-order chi connectivity index (χ0) is 10.1. The Hall–Kier alpha value is -0.870. The van der Waals surface area contributed by atoms with Crippen LogP contribution in [0.15, 0.2) is 22.7 Å². The third-order valence-corrected chi connectivity index (χ3v) is 2.76. The third kappa shape index (κ3) is 1.55. The van der Waals surface area contributed by atoms with Crippen LogP contribution in [-0.2, 0) is 13.5 Å². The number of rotatable bonds is 2. The Morgan fingerprint density at radius 1 is 1.50 bits per heavy atom. The molecule has 2 aromatic rings. The zero-order valence-corrected chi connectivity index (χ0v) is 9.45. The van der Waals surface area contributed by atoms with Gasteiger partial charge in [-0.15, -0.1) is 0 Å². The van der Waals surface area contributed by atoms with Crippen molar-refractivity contribution in [2.45, 2.75) is 6.42 Å². The second-order valence-electron chi connectivity index (χ2n) is 3.21. The van der Waals surface area contributed by atoms with Crippen molar-refractivity contribution in [2.75, 3.05) is 6.61 Å². The fourth-order valence-electron chi connectivity index (χ4n) is 1.63. The topological polar surface area (TPSA) is 38.0 Å². The van der Waals surface area contributed by atoms with Gasteiger partial charge in [0, 0.05) is 35.6 Å². The summed E-state index contributed by atoms with van der Waals surface area (Å²) in [6, 6.07) is 5.98. The van der Waals surface area contributed by atoms with Crippen molar-refractivity contribution in [3.8, 4) is 0 Å². The molecular weight excluding hydrogens is 244 g/mol. The van der Waals surface area contributed by atoms with Gasteiger partial charge < -0.3 is 5.11 Å². The molecule has 0 amide bonds. The highest BCUT2D eigenvalue weighted by atomic mass is 79.9. The number of benzene rings is 1. The maximum absolute atomic E-state index is 8.94. The van der Waals surface area contributed by atoms with E-state index in [1.165, 1.54) is 0 Å². The first-order chi connectivity index (χ1) is 6.72. The fourth-order valence-corrected chi connectivity index (χ4v) is 1.99. The van der Waals surface area contributed by atoms with Crippen molar-refractivity contribution < 1.29 is 5.11 Å². The number of aliphatic hydroxyl groups excluding tert-OH is 1. The van der Waals surface area contributed by atoms with Crippen LogP contribution in [0.5, 0.6) is 0 Å². The zero-order valence-electron chi connectivity index (χ0n) is 7.87. The van der Waals surface area contributed by atoms with E-state index in [2.05, 4.69) is 21.0 Å². The monoisotopic (exact) mass is 254 g/mol. The summed E-state index contributed by atoms with van der Waals surface area (Å²) in [6.07, 6.45) is 0.642. The lowest BCUT2D eigenvalue weighted by Gasteiger charge is -1.98. The fraction of sp³-hybridized carbons (Fsp3) is 0.300. The van der Waals surface area contributed by atoms with E-state index < -0.39 is 0 Å². The van der Waals surface area contributed by atoms with Gasteiger partial charge in [0.1, 0.15) is 0 Å². The Morgan fingerprint density at radius 3 is 3.00 bits per heavy atom. The normalized spacial score (nSPS) is 11.1. The lowest BCUT2D eigenvalue weighted by molar-refractivity contribution is 0.296. The lowest BCUT2D eigenvalue weighted by Crippen LogP contribution is -2.00. The van der Waals surface area contributed by atoms with Crippen LogP contribution < -0.4 is 0 Å². The van der Waals surface area contributed by atoms with Crippen LogP contribution in [-0.4, -0.2) is 21.5 Å². The van der Waals surface area contributed by atoms with E-state index in [0.29, 0.717) is 6.42 Å². The number of aromatic nitrogens is 2. The first-order valence-electron chi connectivity index (χ1n) is 4.44. The maximum atomic E-state index is 8.94. The molecule has 0 fully saturated rings. The van der Waals surface area contributed by atoms with E-state index in [1.54, 1.807) is 0 Å². The summed E-state index contributed by atoms with van der Waals surface area (Å²) in [5.74, 6) is 0. The molecule has 0 unspecified atom stereocenters. The molecule has 0 aliphatic carbocycles. The standard InChI is InChI=1S/C10H11BrN2O/c1-13-10(4-5-14)8-6-7(11)2-3-9(8)12-13/h2-3,6,14H,4-5H2,1H3. The first-order valence-corrected chi connectivity index (χ1v) is 5.23. The van der Waals surface area contributed by atoms with Gasteiger partial charge in [-0.1, -0.05) is 15.9 Å². The third-order valence-electron chi connectivity index (χ3n) is 2.27. The van der Waals surface area contributed by atoms with E-state index in [0.717, 1.165) is 21.1 Å². The predicted octanol–water partition coefficient (Wildman–Crippen LogP) is 1.87. The molecule has 4 heteroatoms. The predicted molar refractivity (Wildman–Crippen MR) is 59.2 cm³/mol. The molecule has 74 valence electrons. The average molecular weight is 255 g/mol. The second kappa shape index (κ2) is 3.71. The van der Waals surface area contributed by atoms with Crippen LogP contribution in [0.1, 0.15) is 5.69 Å². The molecule has 1 aromatic heterocycles. The Labute approximate surface area is 90.5 Å². The van der Waals surface area contributed by atoms with Crippen molar-refractivity contribution in [1.29, 1.82) is 0 Å². The quantitative estimate of drug-likeness (QED) is 0.889. The molecule has 0 saturated heterocycles. The number of aliphatic hydroxyl groups is 1. The van der Waals surface area contributed by atoms with E-state index in [4.69, 9.17) is 5.11 Å². The largest absolute Gasteiger partial charge is 0.396 e. The minimum Gasteiger partial charge on any atom is -0.396 e. The highest BCUT2D eigenvalue weighted by molar-refractivity contribution is 9.10. The van der Waals surface area contributed by atoms with Crippen LogP contribution in [0.2, 0.25) is 0 Å². The number of aryl methyl sites for hydroxylation is 1. The summed E-state index contributed by atoms with van der Waals surface area (Å²) < 4.78 is 2.87. The molecule has 0 radical (unpaired) electrons. The van der Waals surface area contributed by atoms with Gasteiger partial charge in [-0.05, 0) is 18.2 Å². The van der Waals surface area contributed by atoms with Gasteiger partial charge in [0.15, 0.2) is 0 Å². The molecule has 0 bridgehead atoms. The maximum Gasteiger partial charge on any atom is 0.0926 e. The molecule has 0 aliphatic heterocycles. The number of fused-ring (bicyclic) bond motifs is 1. The van der Waals surface area contributed by atoms with Crippen LogP contribution in [0.3, 0.4) is 0 Å². The minimum absolute atomic E-state index is 0.154. The van der Waals surface area contributed by atoms with E-state index in [9.17, 15) is 0 Å². The highest BCUT2D eigenvalue weighted by Gasteiger charge is 2.07. The van der Waals surface area contributed by atoms with Gasteiger partial charge in [0.25, 0.3) is 0 Å². The van der Waals surface area contributed by atoms with Crippen LogP contribution >= 0.6 is 15.9 Å². The van der Waals surface area contributed by atoms with Gasteiger partial charge in [0.05, 0.1) is 5.52 Å². The van der Waals surface area contributed by atoms with Gasteiger partial charge in [0.2, 0.25) is 0 Å². The molecule has 0 atom stereocenters. The number of nitrogens with zero attached hydrogens (tertiary/aromatic N) is 2. The molecule has 0 saturated carbocycles. The van der Waals surface area contributed by atoms with Crippen LogP contribution in [0.4, 0.5) is 0 Å². The van der Waals surface area contributed by atoms with Crippen molar-refractivity contribution in [2.24, 2.45) is 7.05 Å². The second-order valence-corrected chi connectivity index (χ2v) is 4.12. The molecule has 14 heavy (non-hydrogen) atoms. The van der Waals surface area contributed by atoms with E-state index in [1.807, 2.05) is 29.9 Å². The van der Waals surface area contributed by atoms with Crippen molar-refractivity contribution in [3.05, 3.63) is 28.4 Å². The summed E-state index contributed by atoms with van der Waals surface area (Å²) in [6.45, 7) is 0.154. The Balaban J connectivity index is 2.66. The van der Waals surface area contributed by atoms with Crippen LogP contribution in [0, 0.1) is 0 Å². The molecule has 3 nitrogen and oxygen atoms in total. The lowest BCUT2D eigenvalue weighted by atomic mass is 10.2. The van der Waals surface area contributed by atoms with Crippen molar-refractivity contribution in [3.63, 3.8) is 0 Å². The SMILES string of the molecule is Cn1nc2ccc(Br)cc2c1CCO. The van der Waals surface area contributed by atoms with E-state index >= 15 is 0 Å². The summed E-state index contributed by atoms with van der Waals surface area (Å²) in [7, 11) is 1.90. The van der Waals surface area contributed by atoms with Gasteiger partial charge in [-0.25, -0.2) is 0 Å². The smallest absolute Gasteiger partial charge is 0.0926 e. The van der Waals surface area contributed by atoms with Gasteiger partial charge in [-0.2, -0.15) is 5.10 Å². The highest BCUT2D eigenvalue weighted by Crippen LogP contribution is 2.22. The summed E-state index contributed by atoms with van der Waals surface area (Å²) in [5.41, 5.74) is 2.04. The molecule has 1 N–H and O–H groups in total. The molecule has 0 aliphatic rings. The van der Waals surface area contributed by atoms with Crippen molar-refractivity contribution in [1.82, 2.24) is 9.78 Å². The van der Waals surface area contributed by atoms with Gasteiger partial charge in [-0.3, -0.25) is 4.68 Å². The summed E-state index contributed by atoms with van der Waals surface area (Å²) >= 11 is 3.43. The van der Waals surface area contributed by atoms with Crippen LogP contribution in [0.25, 0.3) is 10.9 Å². The molecule has 1 aromatic carbocycles.